The number of rotatable bonds is 4. The molecule has 0 bridgehead atoms. The minimum atomic E-state index is -0.463. The highest BCUT2D eigenvalue weighted by Gasteiger charge is 2.22. The van der Waals surface area contributed by atoms with Gasteiger partial charge in [0.2, 0.25) is 5.95 Å². The number of anilines is 4. The topological polar surface area (TPSA) is 79.1 Å². The van der Waals surface area contributed by atoms with Gasteiger partial charge in [0.15, 0.2) is 0 Å². The number of nitrogen functional groups attached to an aromatic ring is 1. The van der Waals surface area contributed by atoms with E-state index in [1.807, 2.05) is 13.1 Å². The summed E-state index contributed by atoms with van der Waals surface area (Å²) in [5.41, 5.74) is 6.45. The number of halogens is 2. The van der Waals surface area contributed by atoms with Gasteiger partial charge in [-0.15, -0.1) is 0 Å². The lowest BCUT2D eigenvalue weighted by atomic mass is 10.3. The molecule has 0 radical (unpaired) electrons. The second-order valence-electron chi connectivity index (χ2n) is 5.44. The van der Waals surface area contributed by atoms with E-state index in [-0.39, 0.29) is 11.0 Å². The van der Waals surface area contributed by atoms with Crippen molar-refractivity contribution in [3.05, 3.63) is 35.1 Å². The summed E-state index contributed by atoms with van der Waals surface area (Å²) in [6.07, 6.45) is 1.05. The molecule has 0 aliphatic carbocycles. The maximum absolute atomic E-state index is 13.2. The third kappa shape index (κ3) is 3.62. The molecule has 1 aromatic carbocycles. The highest BCUT2D eigenvalue weighted by Crippen LogP contribution is 2.25. The van der Waals surface area contributed by atoms with Gasteiger partial charge in [-0.1, -0.05) is 11.6 Å². The highest BCUT2D eigenvalue weighted by atomic mass is 35.5. The normalized spacial score (nSPS) is 17.5. The van der Waals surface area contributed by atoms with Crippen LogP contribution in [0.3, 0.4) is 0 Å². The number of nitrogens with two attached hydrogens (primary N) is 1. The van der Waals surface area contributed by atoms with Gasteiger partial charge in [0.1, 0.15) is 17.5 Å². The predicted octanol–water partition coefficient (Wildman–Crippen LogP) is 2.39. The Balaban J connectivity index is 1.81. The highest BCUT2D eigenvalue weighted by molar-refractivity contribution is 6.31. The van der Waals surface area contributed by atoms with Crippen molar-refractivity contribution in [1.82, 2.24) is 15.3 Å². The number of hydrogen-bond acceptors (Lipinski definition) is 6. The molecule has 6 nitrogen and oxygen atoms in total. The van der Waals surface area contributed by atoms with Gasteiger partial charge in [0, 0.05) is 30.9 Å². The van der Waals surface area contributed by atoms with Crippen molar-refractivity contribution >= 4 is 34.9 Å². The van der Waals surface area contributed by atoms with Crippen LogP contribution in [0.5, 0.6) is 0 Å². The Kier molecular flexibility index (Phi) is 4.49. The minimum absolute atomic E-state index is 0.0497. The molecule has 0 saturated carbocycles. The number of likely N-dealkylation sites (N-methyl/N-ethyl adjacent to an activating group) is 1. The van der Waals surface area contributed by atoms with E-state index < -0.39 is 5.82 Å². The minimum Gasteiger partial charge on any atom is -0.368 e. The summed E-state index contributed by atoms with van der Waals surface area (Å²) in [4.78, 5) is 10.6. The lowest BCUT2D eigenvalue weighted by Crippen LogP contribution is -2.30. The molecule has 1 aliphatic rings. The second kappa shape index (κ2) is 6.55. The van der Waals surface area contributed by atoms with E-state index in [9.17, 15) is 4.39 Å². The van der Waals surface area contributed by atoms with Gasteiger partial charge in [0.05, 0.1) is 5.02 Å². The number of benzene rings is 1. The zero-order valence-electron chi connectivity index (χ0n) is 12.7. The molecule has 1 fully saturated rings. The molecular formula is C15H18ClFN6. The van der Waals surface area contributed by atoms with Gasteiger partial charge in [-0.25, -0.2) is 4.39 Å². The number of hydrogen-bond donors (Lipinski definition) is 3. The van der Waals surface area contributed by atoms with Crippen molar-refractivity contribution in [2.24, 2.45) is 0 Å². The molecule has 1 saturated heterocycles. The number of aromatic nitrogens is 2. The van der Waals surface area contributed by atoms with Crippen LogP contribution in [0.2, 0.25) is 5.02 Å². The number of nitrogens with one attached hydrogen (secondary N) is 2. The van der Waals surface area contributed by atoms with Gasteiger partial charge in [-0.2, -0.15) is 9.97 Å². The van der Waals surface area contributed by atoms with Gasteiger partial charge in [-0.05, 0) is 31.7 Å². The van der Waals surface area contributed by atoms with Crippen LogP contribution in [-0.4, -0.2) is 36.1 Å². The van der Waals surface area contributed by atoms with E-state index in [0.29, 0.717) is 17.5 Å². The fourth-order valence-electron chi connectivity index (χ4n) is 2.60. The van der Waals surface area contributed by atoms with E-state index in [0.717, 1.165) is 25.3 Å². The van der Waals surface area contributed by atoms with Gasteiger partial charge >= 0.3 is 0 Å². The van der Waals surface area contributed by atoms with E-state index in [1.165, 1.54) is 12.1 Å². The van der Waals surface area contributed by atoms with Crippen LogP contribution < -0.4 is 21.3 Å². The third-order valence-corrected chi connectivity index (χ3v) is 4.13. The van der Waals surface area contributed by atoms with Gasteiger partial charge in [0.25, 0.3) is 0 Å². The first-order valence-corrected chi connectivity index (χ1v) is 7.72. The quantitative estimate of drug-likeness (QED) is 0.795. The zero-order chi connectivity index (χ0) is 16.4. The van der Waals surface area contributed by atoms with Crippen molar-refractivity contribution in [2.45, 2.75) is 12.5 Å². The molecule has 1 atom stereocenters. The first kappa shape index (κ1) is 15.8. The summed E-state index contributed by atoms with van der Waals surface area (Å²) >= 11 is 5.79. The smallest absolute Gasteiger partial charge is 0.223 e. The lowest BCUT2D eigenvalue weighted by molar-refractivity contribution is 0.616. The predicted molar refractivity (Wildman–Crippen MR) is 90.8 cm³/mol. The molecule has 8 heteroatoms. The Labute approximate surface area is 138 Å². The molecule has 4 N–H and O–H groups in total. The molecule has 0 amide bonds. The Morgan fingerprint density at radius 3 is 2.87 bits per heavy atom. The molecule has 1 aliphatic heterocycles. The fraction of sp³-hybridized carbons (Fsp3) is 0.333. The van der Waals surface area contributed by atoms with Crippen molar-refractivity contribution in [3.8, 4) is 0 Å². The average molecular weight is 337 g/mol. The summed E-state index contributed by atoms with van der Waals surface area (Å²) in [6.45, 7) is 1.78. The van der Waals surface area contributed by atoms with Crippen LogP contribution in [0.4, 0.5) is 27.7 Å². The van der Waals surface area contributed by atoms with Gasteiger partial charge in [-0.3, -0.25) is 0 Å². The molecule has 23 heavy (non-hydrogen) atoms. The van der Waals surface area contributed by atoms with Crippen LogP contribution in [0.15, 0.2) is 24.3 Å². The van der Waals surface area contributed by atoms with Crippen molar-refractivity contribution in [2.75, 3.05) is 36.1 Å². The molecule has 0 spiro atoms. The summed E-state index contributed by atoms with van der Waals surface area (Å²) in [7, 11) is 1.95. The molecule has 3 rings (SSSR count). The van der Waals surface area contributed by atoms with Crippen LogP contribution >= 0.6 is 11.6 Å². The molecular weight excluding hydrogens is 319 g/mol. The van der Waals surface area contributed by atoms with Crippen molar-refractivity contribution in [1.29, 1.82) is 0 Å². The number of nitrogens with zero attached hydrogens (tertiary/aromatic N) is 3. The summed E-state index contributed by atoms with van der Waals surface area (Å²) < 4.78 is 13.2. The fourth-order valence-corrected chi connectivity index (χ4v) is 2.78. The van der Waals surface area contributed by atoms with Crippen molar-refractivity contribution < 1.29 is 4.39 Å². The van der Waals surface area contributed by atoms with E-state index in [2.05, 4.69) is 25.5 Å². The molecule has 2 heterocycles. The first-order chi connectivity index (χ1) is 11.0. The summed E-state index contributed by atoms with van der Waals surface area (Å²) in [5.74, 6) is 1.04. The molecule has 2 aromatic rings. The summed E-state index contributed by atoms with van der Waals surface area (Å²) in [6, 6.07) is 6.66. The lowest BCUT2D eigenvalue weighted by Gasteiger charge is -2.18. The maximum atomic E-state index is 13.2. The standard InChI is InChI=1S/C15H18ClFN6/c1-19-10-4-5-23(8-10)14-7-13(21-15(18)22-14)20-9-2-3-12(17)11(16)6-9/h2-3,6-7,10,19H,4-5,8H2,1H3,(H3,18,20,21,22)/t10-/m0/s1. The maximum Gasteiger partial charge on any atom is 0.223 e. The third-order valence-electron chi connectivity index (χ3n) is 3.84. The van der Waals surface area contributed by atoms with E-state index >= 15 is 0 Å². The zero-order valence-corrected chi connectivity index (χ0v) is 13.4. The van der Waals surface area contributed by atoms with Crippen LogP contribution in [-0.2, 0) is 0 Å². The Bertz CT molecular complexity index is 710. The van der Waals surface area contributed by atoms with Crippen LogP contribution in [0.1, 0.15) is 6.42 Å². The molecule has 122 valence electrons. The largest absolute Gasteiger partial charge is 0.368 e. The Morgan fingerprint density at radius 1 is 1.35 bits per heavy atom. The van der Waals surface area contributed by atoms with Crippen LogP contribution in [0, 0.1) is 5.82 Å². The Morgan fingerprint density at radius 2 is 2.17 bits per heavy atom. The van der Waals surface area contributed by atoms with E-state index in [1.54, 1.807) is 6.07 Å². The molecule has 1 aromatic heterocycles. The van der Waals surface area contributed by atoms with E-state index in [4.69, 9.17) is 17.3 Å². The summed E-state index contributed by atoms with van der Waals surface area (Å²) in [5, 5.41) is 6.39. The SMILES string of the molecule is CN[C@H]1CCN(c2cc(Nc3ccc(F)c(Cl)c3)nc(N)n2)C1. The first-order valence-electron chi connectivity index (χ1n) is 7.34. The second-order valence-corrected chi connectivity index (χ2v) is 5.85. The monoisotopic (exact) mass is 336 g/mol. The van der Waals surface area contributed by atoms with Gasteiger partial charge < -0.3 is 21.3 Å². The van der Waals surface area contributed by atoms with Crippen molar-refractivity contribution in [3.63, 3.8) is 0 Å². The van der Waals surface area contributed by atoms with Crippen LogP contribution in [0.25, 0.3) is 0 Å². The molecule has 0 unspecified atom stereocenters. The average Bonchev–Trinajstić information content (AvgIpc) is 2.99. The Hall–Kier alpha value is -2.12.